The Kier molecular flexibility index (Phi) is 3.57. The number of rotatable bonds is 4. The molecule has 0 amide bonds. The summed E-state index contributed by atoms with van der Waals surface area (Å²) in [5.74, 6) is 2.34. The highest BCUT2D eigenvalue weighted by Gasteiger charge is 2.16. The topological polar surface area (TPSA) is 29.9 Å². The van der Waals surface area contributed by atoms with E-state index in [4.69, 9.17) is 0 Å². The molecule has 15 heavy (non-hydrogen) atoms. The first kappa shape index (κ1) is 10.9. The van der Waals surface area contributed by atoms with Gasteiger partial charge in [-0.2, -0.15) is 11.8 Å². The second kappa shape index (κ2) is 4.92. The van der Waals surface area contributed by atoms with Crippen LogP contribution in [0.2, 0.25) is 0 Å². The molecule has 1 saturated heterocycles. The molecule has 0 aromatic carbocycles. The van der Waals surface area contributed by atoms with E-state index in [1.54, 1.807) is 0 Å². The van der Waals surface area contributed by atoms with Gasteiger partial charge in [-0.05, 0) is 32.4 Å². The quantitative estimate of drug-likeness (QED) is 0.854. The molecule has 0 aliphatic carbocycles. The molecule has 1 aromatic rings. The molecule has 1 N–H and O–H groups in total. The van der Waals surface area contributed by atoms with Gasteiger partial charge >= 0.3 is 0 Å². The summed E-state index contributed by atoms with van der Waals surface area (Å²) in [4.78, 5) is 4.34. The number of nitrogens with zero attached hydrogens (tertiary/aromatic N) is 2. The van der Waals surface area contributed by atoms with E-state index in [0.29, 0.717) is 6.04 Å². The standard InChI is InChI=1S/C11H19N3S/c1-9(2)14-6-5-12-11(14)13-8-10-4-3-7-15-10/h5-6,9-10H,3-4,7-8H2,1-2H3,(H,12,13). The summed E-state index contributed by atoms with van der Waals surface area (Å²) in [7, 11) is 0. The van der Waals surface area contributed by atoms with E-state index in [1.807, 2.05) is 12.4 Å². The lowest BCUT2D eigenvalue weighted by Gasteiger charge is -2.14. The highest BCUT2D eigenvalue weighted by atomic mass is 32.2. The van der Waals surface area contributed by atoms with E-state index in [2.05, 4.69) is 40.5 Å². The Balaban J connectivity index is 1.89. The Morgan fingerprint density at radius 1 is 1.67 bits per heavy atom. The van der Waals surface area contributed by atoms with Gasteiger partial charge in [0.1, 0.15) is 0 Å². The molecule has 1 aliphatic rings. The van der Waals surface area contributed by atoms with Crippen LogP contribution in [0.5, 0.6) is 0 Å². The highest BCUT2D eigenvalue weighted by molar-refractivity contribution is 8.00. The van der Waals surface area contributed by atoms with Gasteiger partial charge in [-0.1, -0.05) is 0 Å². The number of nitrogens with one attached hydrogen (secondary N) is 1. The van der Waals surface area contributed by atoms with Crippen molar-refractivity contribution >= 4 is 17.7 Å². The Morgan fingerprint density at radius 3 is 3.20 bits per heavy atom. The van der Waals surface area contributed by atoms with E-state index in [0.717, 1.165) is 17.7 Å². The van der Waals surface area contributed by atoms with Gasteiger partial charge in [-0.15, -0.1) is 0 Å². The van der Waals surface area contributed by atoms with Gasteiger partial charge in [0.2, 0.25) is 5.95 Å². The molecule has 1 fully saturated rings. The van der Waals surface area contributed by atoms with E-state index in [1.165, 1.54) is 18.6 Å². The van der Waals surface area contributed by atoms with Crippen molar-refractivity contribution in [2.24, 2.45) is 0 Å². The van der Waals surface area contributed by atoms with Crippen molar-refractivity contribution < 1.29 is 0 Å². The van der Waals surface area contributed by atoms with Crippen molar-refractivity contribution in [3.8, 4) is 0 Å². The smallest absolute Gasteiger partial charge is 0.203 e. The maximum Gasteiger partial charge on any atom is 0.203 e. The largest absolute Gasteiger partial charge is 0.355 e. The number of thioether (sulfide) groups is 1. The second-order valence-corrected chi connectivity index (χ2v) is 5.68. The molecule has 1 aromatic heterocycles. The van der Waals surface area contributed by atoms with Crippen LogP contribution in [0.1, 0.15) is 32.7 Å². The van der Waals surface area contributed by atoms with Crippen molar-refractivity contribution in [1.29, 1.82) is 0 Å². The Labute approximate surface area is 95.7 Å². The van der Waals surface area contributed by atoms with Crippen LogP contribution in [0.25, 0.3) is 0 Å². The maximum absolute atomic E-state index is 4.34. The van der Waals surface area contributed by atoms with Crippen LogP contribution >= 0.6 is 11.8 Å². The predicted molar refractivity (Wildman–Crippen MR) is 66.6 cm³/mol. The van der Waals surface area contributed by atoms with Gasteiger partial charge in [0.25, 0.3) is 0 Å². The van der Waals surface area contributed by atoms with Gasteiger partial charge in [0.15, 0.2) is 0 Å². The SMILES string of the molecule is CC(C)n1ccnc1NCC1CCCS1. The van der Waals surface area contributed by atoms with Crippen LogP contribution < -0.4 is 5.32 Å². The third kappa shape index (κ3) is 2.68. The van der Waals surface area contributed by atoms with Gasteiger partial charge in [-0.25, -0.2) is 4.98 Å². The fourth-order valence-corrected chi connectivity index (χ4v) is 3.08. The van der Waals surface area contributed by atoms with Gasteiger partial charge in [-0.3, -0.25) is 0 Å². The number of imidazole rings is 1. The molecule has 1 unspecified atom stereocenters. The molecule has 0 saturated carbocycles. The zero-order valence-electron chi connectivity index (χ0n) is 9.44. The molecular weight excluding hydrogens is 206 g/mol. The first-order valence-corrected chi connectivity index (χ1v) is 6.70. The van der Waals surface area contributed by atoms with Crippen molar-refractivity contribution in [3.63, 3.8) is 0 Å². The summed E-state index contributed by atoms with van der Waals surface area (Å²) in [6.07, 6.45) is 6.62. The van der Waals surface area contributed by atoms with Crippen molar-refractivity contribution in [1.82, 2.24) is 9.55 Å². The zero-order chi connectivity index (χ0) is 10.7. The summed E-state index contributed by atoms with van der Waals surface area (Å²) in [5.41, 5.74) is 0. The normalized spacial score (nSPS) is 21.1. The van der Waals surface area contributed by atoms with Crippen molar-refractivity contribution in [2.75, 3.05) is 17.6 Å². The summed E-state index contributed by atoms with van der Waals surface area (Å²) in [5, 5.41) is 4.23. The van der Waals surface area contributed by atoms with Crippen LogP contribution in [-0.4, -0.2) is 27.1 Å². The molecule has 0 radical (unpaired) electrons. The highest BCUT2D eigenvalue weighted by Crippen LogP contribution is 2.26. The Morgan fingerprint density at radius 2 is 2.53 bits per heavy atom. The molecule has 1 aliphatic heterocycles. The van der Waals surface area contributed by atoms with E-state index in [-0.39, 0.29) is 0 Å². The third-order valence-corrected chi connectivity index (χ3v) is 4.13. The van der Waals surface area contributed by atoms with Gasteiger partial charge in [0, 0.05) is 30.2 Å². The average molecular weight is 225 g/mol. The molecule has 3 nitrogen and oxygen atoms in total. The Hall–Kier alpha value is -0.640. The first-order valence-electron chi connectivity index (χ1n) is 5.65. The lowest BCUT2D eigenvalue weighted by molar-refractivity contribution is 0.604. The second-order valence-electron chi connectivity index (χ2n) is 4.27. The van der Waals surface area contributed by atoms with Gasteiger partial charge < -0.3 is 9.88 Å². The Bertz CT molecular complexity index is 303. The summed E-state index contributed by atoms with van der Waals surface area (Å²) in [6.45, 7) is 5.41. The third-order valence-electron chi connectivity index (χ3n) is 2.74. The van der Waals surface area contributed by atoms with E-state index < -0.39 is 0 Å². The van der Waals surface area contributed by atoms with Crippen LogP contribution in [0.4, 0.5) is 5.95 Å². The van der Waals surface area contributed by atoms with Crippen LogP contribution in [0, 0.1) is 0 Å². The van der Waals surface area contributed by atoms with E-state index in [9.17, 15) is 0 Å². The number of anilines is 1. The van der Waals surface area contributed by atoms with Crippen LogP contribution in [-0.2, 0) is 0 Å². The van der Waals surface area contributed by atoms with Crippen molar-refractivity contribution in [3.05, 3.63) is 12.4 Å². The fraction of sp³-hybridized carbons (Fsp3) is 0.727. The number of aromatic nitrogens is 2. The van der Waals surface area contributed by atoms with E-state index >= 15 is 0 Å². The minimum absolute atomic E-state index is 0.478. The van der Waals surface area contributed by atoms with Crippen molar-refractivity contribution in [2.45, 2.75) is 38.0 Å². The molecule has 0 bridgehead atoms. The maximum atomic E-state index is 4.34. The molecule has 2 heterocycles. The zero-order valence-corrected chi connectivity index (χ0v) is 10.3. The molecular formula is C11H19N3S. The monoisotopic (exact) mass is 225 g/mol. The summed E-state index contributed by atoms with van der Waals surface area (Å²) >= 11 is 2.08. The molecule has 84 valence electrons. The predicted octanol–water partition coefficient (Wildman–Crippen LogP) is 2.77. The molecule has 1 atom stereocenters. The summed E-state index contributed by atoms with van der Waals surface area (Å²) < 4.78 is 2.18. The molecule has 0 spiro atoms. The molecule has 2 rings (SSSR count). The fourth-order valence-electron chi connectivity index (χ4n) is 1.88. The minimum Gasteiger partial charge on any atom is -0.355 e. The lowest BCUT2D eigenvalue weighted by atomic mass is 10.2. The number of hydrogen-bond donors (Lipinski definition) is 1. The van der Waals surface area contributed by atoms with Crippen LogP contribution in [0.15, 0.2) is 12.4 Å². The van der Waals surface area contributed by atoms with Gasteiger partial charge in [0.05, 0.1) is 0 Å². The molecule has 4 heteroatoms. The van der Waals surface area contributed by atoms with Crippen LogP contribution in [0.3, 0.4) is 0 Å². The summed E-state index contributed by atoms with van der Waals surface area (Å²) in [6, 6.07) is 0.478. The lowest BCUT2D eigenvalue weighted by Crippen LogP contribution is -2.17. The minimum atomic E-state index is 0.478. The average Bonchev–Trinajstić information content (AvgIpc) is 2.86. The number of hydrogen-bond acceptors (Lipinski definition) is 3. The first-order chi connectivity index (χ1) is 7.27.